The quantitative estimate of drug-likeness (QED) is 0.679. The maximum absolute atomic E-state index is 14.4. The van der Waals surface area contributed by atoms with Crippen molar-refractivity contribution in [1.82, 2.24) is 10.2 Å². The van der Waals surface area contributed by atoms with E-state index in [0.717, 1.165) is 5.56 Å². The van der Waals surface area contributed by atoms with Gasteiger partial charge in [0, 0.05) is 5.92 Å². The molecular formula is C20H20FN3O2S. The molecule has 3 rings (SSSR count). The number of nitrogens with zero attached hydrogens (tertiary/aromatic N) is 2. The van der Waals surface area contributed by atoms with Crippen LogP contribution in [0, 0.1) is 11.2 Å². The Morgan fingerprint density at radius 1 is 1.19 bits per heavy atom. The number of ether oxygens (including phenoxy) is 1. The second-order valence-corrected chi connectivity index (χ2v) is 7.49. The molecule has 0 aliphatic carbocycles. The number of aromatic nitrogens is 2. The third-order valence-corrected chi connectivity index (χ3v) is 5.14. The molecule has 1 unspecified atom stereocenters. The Hall–Kier alpha value is -2.80. The number of methoxy groups -OCH3 is 1. The number of nitrogens with one attached hydrogen (secondary N) is 1. The minimum atomic E-state index is -0.881. The van der Waals surface area contributed by atoms with Gasteiger partial charge < -0.3 is 10.1 Å². The molecule has 3 aromatic rings. The lowest BCUT2D eigenvalue weighted by atomic mass is 9.70. The summed E-state index contributed by atoms with van der Waals surface area (Å²) in [6.45, 7) is 3.67. The van der Waals surface area contributed by atoms with E-state index in [1.165, 1.54) is 24.5 Å². The molecule has 1 heterocycles. The molecule has 1 N–H and O–H groups in total. The van der Waals surface area contributed by atoms with Crippen LogP contribution in [0.15, 0.2) is 54.0 Å². The lowest BCUT2D eigenvalue weighted by molar-refractivity contribution is -0.124. The van der Waals surface area contributed by atoms with Crippen molar-refractivity contribution in [3.8, 4) is 5.75 Å². The van der Waals surface area contributed by atoms with Gasteiger partial charge in [-0.05, 0) is 23.3 Å². The molecule has 27 heavy (non-hydrogen) atoms. The van der Waals surface area contributed by atoms with Crippen LogP contribution in [0.1, 0.15) is 30.9 Å². The fraction of sp³-hybridized carbons (Fsp3) is 0.250. The molecule has 7 heteroatoms. The average molecular weight is 385 g/mol. The van der Waals surface area contributed by atoms with E-state index in [1.807, 2.05) is 44.2 Å². The lowest BCUT2D eigenvalue weighted by Gasteiger charge is -2.33. The second kappa shape index (κ2) is 7.84. The molecule has 0 aliphatic heterocycles. The molecule has 0 spiro atoms. The highest BCUT2D eigenvalue weighted by Crippen LogP contribution is 2.42. The first kappa shape index (κ1) is 19.0. The fourth-order valence-electron chi connectivity index (χ4n) is 3.15. The van der Waals surface area contributed by atoms with E-state index in [-0.39, 0.29) is 17.6 Å². The highest BCUT2D eigenvalue weighted by atomic mass is 32.1. The standard InChI is InChI=1S/C20H20FN3O2S/c1-20(2,18(25)23-19-24-22-12-27-19)17(13-7-5-4-6-8-13)14-9-10-16(26-3)15(21)11-14/h4-12,17H,1-3H3,(H,23,24,25). The third kappa shape index (κ3) is 3.98. The number of hydrogen-bond acceptors (Lipinski definition) is 5. The number of amides is 1. The topological polar surface area (TPSA) is 64.1 Å². The highest BCUT2D eigenvalue weighted by molar-refractivity contribution is 7.13. The van der Waals surface area contributed by atoms with Gasteiger partial charge >= 0.3 is 0 Å². The van der Waals surface area contributed by atoms with Crippen molar-refractivity contribution < 1.29 is 13.9 Å². The maximum atomic E-state index is 14.4. The number of rotatable bonds is 6. The van der Waals surface area contributed by atoms with Crippen LogP contribution in [0.4, 0.5) is 9.52 Å². The minimum absolute atomic E-state index is 0.168. The highest BCUT2D eigenvalue weighted by Gasteiger charge is 2.39. The first-order chi connectivity index (χ1) is 12.9. The molecule has 0 aliphatic rings. The molecule has 0 fully saturated rings. The normalized spacial score (nSPS) is 12.4. The van der Waals surface area contributed by atoms with Gasteiger partial charge in [-0.1, -0.05) is 61.6 Å². The summed E-state index contributed by atoms with van der Waals surface area (Å²) < 4.78 is 19.4. The van der Waals surface area contributed by atoms with Gasteiger partial charge in [-0.25, -0.2) is 4.39 Å². The van der Waals surface area contributed by atoms with Gasteiger partial charge in [0.25, 0.3) is 0 Å². The number of carbonyl (C=O) groups is 1. The molecule has 1 amide bonds. The van der Waals surface area contributed by atoms with Crippen LogP contribution in [0.2, 0.25) is 0 Å². The maximum Gasteiger partial charge on any atom is 0.232 e. The Bertz CT molecular complexity index is 914. The van der Waals surface area contributed by atoms with Crippen molar-refractivity contribution >= 4 is 22.4 Å². The van der Waals surface area contributed by atoms with E-state index in [2.05, 4.69) is 15.5 Å². The lowest BCUT2D eigenvalue weighted by Crippen LogP contribution is -2.37. The Labute approximate surface area is 161 Å². The Kier molecular flexibility index (Phi) is 5.51. The molecule has 1 aromatic heterocycles. The summed E-state index contributed by atoms with van der Waals surface area (Å²) in [6.07, 6.45) is 0. The van der Waals surface area contributed by atoms with Gasteiger partial charge in [0.05, 0.1) is 12.5 Å². The summed E-state index contributed by atoms with van der Waals surface area (Å²) in [7, 11) is 1.42. The number of carbonyl (C=O) groups excluding carboxylic acids is 1. The molecular weight excluding hydrogens is 365 g/mol. The van der Waals surface area contributed by atoms with Crippen LogP contribution in [0.5, 0.6) is 5.75 Å². The first-order valence-electron chi connectivity index (χ1n) is 8.39. The predicted octanol–water partition coefficient (Wildman–Crippen LogP) is 4.48. The third-order valence-electron chi connectivity index (χ3n) is 4.53. The summed E-state index contributed by atoms with van der Waals surface area (Å²) in [5, 5.41) is 10.8. The van der Waals surface area contributed by atoms with Crippen LogP contribution in [0.3, 0.4) is 0 Å². The van der Waals surface area contributed by atoms with E-state index in [9.17, 15) is 9.18 Å². The largest absolute Gasteiger partial charge is 0.494 e. The van der Waals surface area contributed by atoms with Crippen LogP contribution in [-0.2, 0) is 4.79 Å². The average Bonchev–Trinajstić information content (AvgIpc) is 3.16. The van der Waals surface area contributed by atoms with Gasteiger partial charge in [0.15, 0.2) is 11.6 Å². The summed E-state index contributed by atoms with van der Waals surface area (Å²) in [4.78, 5) is 13.0. The summed E-state index contributed by atoms with van der Waals surface area (Å²) in [5.74, 6) is -0.880. The summed E-state index contributed by atoms with van der Waals surface area (Å²) in [5.41, 5.74) is 2.28. The Morgan fingerprint density at radius 2 is 1.93 bits per heavy atom. The van der Waals surface area contributed by atoms with Gasteiger partial charge in [-0.15, -0.1) is 10.2 Å². The first-order valence-corrected chi connectivity index (χ1v) is 9.27. The van der Waals surface area contributed by atoms with Crippen LogP contribution >= 0.6 is 11.3 Å². The number of hydrogen-bond donors (Lipinski definition) is 1. The van der Waals surface area contributed by atoms with Gasteiger partial charge in [-0.2, -0.15) is 0 Å². The molecule has 0 saturated heterocycles. The molecule has 0 radical (unpaired) electrons. The van der Waals surface area contributed by atoms with Crippen LogP contribution in [-0.4, -0.2) is 23.2 Å². The smallest absolute Gasteiger partial charge is 0.232 e. The van der Waals surface area contributed by atoms with Gasteiger partial charge in [-0.3, -0.25) is 4.79 Å². The van der Waals surface area contributed by atoms with E-state index in [0.29, 0.717) is 10.7 Å². The molecule has 0 saturated carbocycles. The van der Waals surface area contributed by atoms with Crippen molar-refractivity contribution in [2.24, 2.45) is 5.41 Å². The van der Waals surface area contributed by atoms with Crippen LogP contribution < -0.4 is 10.1 Å². The van der Waals surface area contributed by atoms with E-state index in [1.54, 1.807) is 17.6 Å². The number of anilines is 1. The molecule has 1 atom stereocenters. The fourth-order valence-corrected chi connectivity index (χ4v) is 3.59. The van der Waals surface area contributed by atoms with Crippen LogP contribution in [0.25, 0.3) is 0 Å². The molecule has 0 bridgehead atoms. The van der Waals surface area contributed by atoms with Gasteiger partial charge in [0.2, 0.25) is 11.0 Å². The monoisotopic (exact) mass is 385 g/mol. The zero-order valence-electron chi connectivity index (χ0n) is 15.3. The summed E-state index contributed by atoms with van der Waals surface area (Å²) in [6, 6.07) is 14.4. The molecule has 2 aromatic carbocycles. The minimum Gasteiger partial charge on any atom is -0.494 e. The zero-order valence-corrected chi connectivity index (χ0v) is 16.1. The van der Waals surface area contributed by atoms with E-state index >= 15 is 0 Å². The number of benzene rings is 2. The number of halogens is 1. The van der Waals surface area contributed by atoms with Gasteiger partial charge in [0.1, 0.15) is 5.51 Å². The molecule has 5 nitrogen and oxygen atoms in total. The van der Waals surface area contributed by atoms with E-state index in [4.69, 9.17) is 4.74 Å². The SMILES string of the molecule is COc1ccc(C(c2ccccc2)C(C)(C)C(=O)Nc2nncs2)cc1F. The predicted molar refractivity (Wildman–Crippen MR) is 104 cm³/mol. The van der Waals surface area contributed by atoms with E-state index < -0.39 is 11.2 Å². The second-order valence-electron chi connectivity index (χ2n) is 6.66. The van der Waals surface area contributed by atoms with Crippen molar-refractivity contribution in [2.75, 3.05) is 12.4 Å². The van der Waals surface area contributed by atoms with Crippen molar-refractivity contribution in [1.29, 1.82) is 0 Å². The summed E-state index contributed by atoms with van der Waals surface area (Å²) >= 11 is 1.25. The Balaban J connectivity index is 2.04. The molecule has 140 valence electrons. The van der Waals surface area contributed by atoms with Crippen molar-refractivity contribution in [3.05, 3.63) is 71.0 Å². The van der Waals surface area contributed by atoms with Crippen molar-refractivity contribution in [2.45, 2.75) is 19.8 Å². The Morgan fingerprint density at radius 3 is 2.52 bits per heavy atom. The zero-order chi connectivity index (χ0) is 19.4. The van der Waals surface area contributed by atoms with Crippen molar-refractivity contribution in [3.63, 3.8) is 0 Å².